The molecule has 6 rings (SSSR count). The van der Waals surface area contributed by atoms with E-state index in [1.54, 1.807) is 36.4 Å². The van der Waals surface area contributed by atoms with E-state index >= 15 is 26.3 Å². The van der Waals surface area contributed by atoms with Crippen molar-refractivity contribution in [3.63, 3.8) is 0 Å². The molecule has 0 saturated heterocycles. The first-order valence-corrected chi connectivity index (χ1v) is 15.7. The van der Waals surface area contributed by atoms with Crippen molar-refractivity contribution in [1.82, 2.24) is 0 Å². The molecule has 2 heterocycles. The summed E-state index contributed by atoms with van der Waals surface area (Å²) in [6.07, 6.45) is 8.66. The Morgan fingerprint density at radius 1 is 0.488 bits per heavy atom. The first-order chi connectivity index (χ1) is 20.5. The van der Waals surface area contributed by atoms with Crippen molar-refractivity contribution < 1.29 is 35.8 Å². The molecule has 0 spiro atoms. The Labute approximate surface area is 249 Å². The van der Waals surface area contributed by atoms with Gasteiger partial charge in [0.1, 0.15) is 11.5 Å². The standard InChI is InChI=1S/C35H38F6O2/c1-3-5-7-9-15-21-31-27(23-17-11-13-19-25(23)42-31)29-30(34(38,39)35(40,41)33(29,36)37)28-24-18-12-14-20-26(24)43-32(28,31)22-16-10-8-6-4-2/h11-14,17-20H,3-10,15-16,21-22H2,1-2H3/t31-,32-/m0/s1. The molecular weight excluding hydrogens is 566 g/mol. The van der Waals surface area contributed by atoms with Gasteiger partial charge >= 0.3 is 17.8 Å². The number of alkyl halides is 6. The number of hydrogen-bond acceptors (Lipinski definition) is 2. The normalized spacial score (nSPS) is 26.8. The highest BCUT2D eigenvalue weighted by atomic mass is 19.3. The lowest BCUT2D eigenvalue weighted by Crippen LogP contribution is -2.61. The largest absolute Gasteiger partial charge is 0.477 e. The summed E-state index contributed by atoms with van der Waals surface area (Å²) in [5.41, 5.74) is -6.19. The molecule has 0 bridgehead atoms. The van der Waals surface area contributed by atoms with Crippen molar-refractivity contribution in [2.75, 3.05) is 0 Å². The quantitative estimate of drug-likeness (QED) is 0.177. The molecular formula is C35H38F6O2. The van der Waals surface area contributed by atoms with Gasteiger partial charge < -0.3 is 9.47 Å². The van der Waals surface area contributed by atoms with E-state index in [1.807, 2.05) is 0 Å². The zero-order valence-electron chi connectivity index (χ0n) is 24.7. The molecule has 2 aliphatic heterocycles. The first-order valence-electron chi connectivity index (χ1n) is 15.7. The van der Waals surface area contributed by atoms with Gasteiger partial charge in [0.2, 0.25) is 0 Å². The number of hydrogen-bond donors (Lipinski definition) is 0. The molecule has 2 aromatic rings. The second-order valence-corrected chi connectivity index (χ2v) is 12.4. The van der Waals surface area contributed by atoms with Crippen LogP contribution >= 0.6 is 0 Å². The molecule has 0 unspecified atom stereocenters. The second kappa shape index (κ2) is 10.6. The second-order valence-electron chi connectivity index (χ2n) is 12.4. The van der Waals surface area contributed by atoms with Gasteiger partial charge in [-0.2, -0.15) is 26.3 Å². The van der Waals surface area contributed by atoms with Gasteiger partial charge in [0, 0.05) is 33.4 Å². The molecule has 2 aliphatic carbocycles. The number of ether oxygens (including phenoxy) is 2. The first kappa shape index (κ1) is 30.1. The van der Waals surface area contributed by atoms with Crippen LogP contribution in [0.25, 0.3) is 11.1 Å². The predicted molar refractivity (Wildman–Crippen MR) is 155 cm³/mol. The number of benzene rings is 2. The van der Waals surface area contributed by atoms with E-state index in [0.717, 1.165) is 51.4 Å². The molecule has 0 amide bonds. The summed E-state index contributed by atoms with van der Waals surface area (Å²) >= 11 is 0. The SMILES string of the molecule is CCCCCCC[C@]12Oc3ccccc3C1=C1C(=C3c4ccccc4O[C@@]32CCCCCCC)C(F)(F)C(F)(F)C1(F)F. The molecule has 2 atom stereocenters. The Hall–Kier alpha value is -2.90. The monoisotopic (exact) mass is 604 g/mol. The lowest BCUT2D eigenvalue weighted by atomic mass is 9.60. The highest BCUT2D eigenvalue weighted by Gasteiger charge is 2.86. The average molecular weight is 605 g/mol. The van der Waals surface area contributed by atoms with Crippen molar-refractivity contribution in [3.8, 4) is 11.5 Å². The van der Waals surface area contributed by atoms with Crippen molar-refractivity contribution >= 4 is 11.1 Å². The minimum absolute atomic E-state index is 0.153. The number of para-hydroxylation sites is 2. The maximum Gasteiger partial charge on any atom is 0.380 e. The van der Waals surface area contributed by atoms with Gasteiger partial charge in [-0.1, -0.05) is 102 Å². The summed E-state index contributed by atoms with van der Waals surface area (Å²) in [6.45, 7) is 4.16. The Morgan fingerprint density at radius 2 is 0.860 bits per heavy atom. The van der Waals surface area contributed by atoms with Crippen LogP contribution in [0.15, 0.2) is 59.7 Å². The lowest BCUT2D eigenvalue weighted by molar-refractivity contribution is -0.257. The number of rotatable bonds is 12. The van der Waals surface area contributed by atoms with Crippen molar-refractivity contribution in [2.45, 2.75) is 120 Å². The summed E-state index contributed by atoms with van der Waals surface area (Å²) in [5, 5.41) is 0. The number of unbranched alkanes of at least 4 members (excludes halogenated alkanes) is 8. The third-order valence-corrected chi connectivity index (χ3v) is 9.77. The molecule has 4 aliphatic rings. The Bertz CT molecular complexity index is 1350. The Morgan fingerprint density at radius 3 is 1.26 bits per heavy atom. The van der Waals surface area contributed by atoms with Crippen LogP contribution < -0.4 is 9.47 Å². The molecule has 232 valence electrons. The molecule has 1 fully saturated rings. The van der Waals surface area contributed by atoms with Crippen LogP contribution in [0.5, 0.6) is 11.5 Å². The summed E-state index contributed by atoms with van der Waals surface area (Å²) in [5.74, 6) is -15.5. The van der Waals surface area contributed by atoms with E-state index in [1.165, 1.54) is 12.1 Å². The molecule has 43 heavy (non-hydrogen) atoms. The van der Waals surface area contributed by atoms with Crippen LogP contribution in [0, 0.1) is 0 Å². The van der Waals surface area contributed by atoms with Crippen LogP contribution in [-0.4, -0.2) is 29.0 Å². The molecule has 0 radical (unpaired) electrons. The highest BCUT2D eigenvalue weighted by Crippen LogP contribution is 2.74. The Balaban J connectivity index is 1.66. The van der Waals surface area contributed by atoms with Crippen molar-refractivity contribution in [1.29, 1.82) is 0 Å². The fraction of sp³-hybridized carbons (Fsp3) is 0.543. The van der Waals surface area contributed by atoms with Gasteiger partial charge in [-0.3, -0.25) is 0 Å². The number of halogens is 6. The number of allylic oxidation sites excluding steroid dienone is 2. The molecule has 0 N–H and O–H groups in total. The van der Waals surface area contributed by atoms with E-state index < -0.39 is 40.1 Å². The highest BCUT2D eigenvalue weighted by molar-refractivity contribution is 6.02. The molecule has 1 saturated carbocycles. The minimum Gasteiger partial charge on any atom is -0.477 e. The minimum atomic E-state index is -5.64. The van der Waals surface area contributed by atoms with E-state index in [0.29, 0.717) is 12.8 Å². The zero-order valence-corrected chi connectivity index (χ0v) is 24.7. The van der Waals surface area contributed by atoms with Gasteiger partial charge in [0.05, 0.1) is 0 Å². The fourth-order valence-corrected chi connectivity index (χ4v) is 7.78. The van der Waals surface area contributed by atoms with Gasteiger partial charge in [-0.15, -0.1) is 0 Å². The Kier molecular flexibility index (Phi) is 7.45. The lowest BCUT2D eigenvalue weighted by Gasteiger charge is -2.50. The van der Waals surface area contributed by atoms with E-state index in [9.17, 15) is 0 Å². The van der Waals surface area contributed by atoms with Gasteiger partial charge in [0.15, 0.2) is 11.2 Å². The van der Waals surface area contributed by atoms with Crippen LogP contribution in [0.4, 0.5) is 26.3 Å². The van der Waals surface area contributed by atoms with E-state index in [4.69, 9.17) is 9.47 Å². The topological polar surface area (TPSA) is 18.5 Å². The predicted octanol–water partition coefficient (Wildman–Crippen LogP) is 10.8. The van der Waals surface area contributed by atoms with Gasteiger partial charge in [0.25, 0.3) is 0 Å². The van der Waals surface area contributed by atoms with Crippen LogP contribution in [-0.2, 0) is 0 Å². The van der Waals surface area contributed by atoms with Crippen LogP contribution in [0.1, 0.15) is 102 Å². The molecule has 8 heteroatoms. The molecule has 2 aromatic carbocycles. The molecule has 0 aromatic heterocycles. The third-order valence-electron chi connectivity index (χ3n) is 9.77. The summed E-state index contributed by atoms with van der Waals surface area (Å²) < 4.78 is 109. The van der Waals surface area contributed by atoms with E-state index in [-0.39, 0.29) is 46.6 Å². The van der Waals surface area contributed by atoms with Gasteiger partial charge in [-0.05, 0) is 37.8 Å². The maximum absolute atomic E-state index is 16.1. The smallest absolute Gasteiger partial charge is 0.380 e. The van der Waals surface area contributed by atoms with Crippen molar-refractivity contribution in [2.24, 2.45) is 0 Å². The summed E-state index contributed by atoms with van der Waals surface area (Å²) in [7, 11) is 0. The maximum atomic E-state index is 16.1. The van der Waals surface area contributed by atoms with E-state index in [2.05, 4.69) is 13.8 Å². The average Bonchev–Trinajstić information content (AvgIpc) is 3.53. The summed E-state index contributed by atoms with van der Waals surface area (Å²) in [4.78, 5) is 0. The van der Waals surface area contributed by atoms with Crippen LogP contribution in [0.2, 0.25) is 0 Å². The molecule has 2 nitrogen and oxygen atoms in total. The number of fused-ring (bicyclic) bond motifs is 8. The zero-order chi connectivity index (χ0) is 30.7. The third kappa shape index (κ3) is 3.99. The summed E-state index contributed by atoms with van der Waals surface area (Å²) in [6, 6.07) is 12.8. The fourth-order valence-electron chi connectivity index (χ4n) is 7.78. The van der Waals surface area contributed by atoms with Gasteiger partial charge in [-0.25, -0.2) is 0 Å². The van der Waals surface area contributed by atoms with Crippen LogP contribution in [0.3, 0.4) is 0 Å². The van der Waals surface area contributed by atoms with Crippen molar-refractivity contribution in [3.05, 3.63) is 70.8 Å².